The maximum absolute atomic E-state index is 13.1. The first-order valence-corrected chi connectivity index (χ1v) is 11.8. The number of hydrogen-bond donors (Lipinski definition) is 0. The van der Waals surface area contributed by atoms with Crippen LogP contribution < -0.4 is 10.5 Å². The van der Waals surface area contributed by atoms with Gasteiger partial charge in [-0.15, -0.1) is 0 Å². The van der Waals surface area contributed by atoms with Crippen LogP contribution in [0.25, 0.3) is 16.6 Å². The predicted octanol–water partition coefficient (Wildman–Crippen LogP) is 4.15. The van der Waals surface area contributed by atoms with Crippen molar-refractivity contribution in [3.63, 3.8) is 0 Å². The number of carbonyl (C=O) groups is 1. The number of anilines is 1. The predicted molar refractivity (Wildman–Crippen MR) is 131 cm³/mol. The van der Waals surface area contributed by atoms with Crippen molar-refractivity contribution in [2.24, 2.45) is 0 Å². The van der Waals surface area contributed by atoms with Gasteiger partial charge in [0.15, 0.2) is 0 Å². The molecule has 5 rings (SSSR count). The van der Waals surface area contributed by atoms with Gasteiger partial charge in [0.25, 0.3) is 5.56 Å². The second-order valence-electron chi connectivity index (χ2n) is 8.16. The van der Waals surface area contributed by atoms with E-state index in [1.54, 1.807) is 4.57 Å². The average molecular weight is 493 g/mol. The summed E-state index contributed by atoms with van der Waals surface area (Å²) >= 11 is 3.52. The van der Waals surface area contributed by atoms with E-state index in [4.69, 9.17) is 0 Å². The summed E-state index contributed by atoms with van der Waals surface area (Å²) in [5.41, 5.74) is 3.69. The van der Waals surface area contributed by atoms with Crippen molar-refractivity contribution in [1.82, 2.24) is 13.9 Å². The van der Waals surface area contributed by atoms with Gasteiger partial charge in [-0.25, -0.2) is 0 Å². The molecule has 3 heterocycles. The van der Waals surface area contributed by atoms with Crippen molar-refractivity contribution in [3.05, 3.63) is 81.7 Å². The summed E-state index contributed by atoms with van der Waals surface area (Å²) < 4.78 is 4.66. The summed E-state index contributed by atoms with van der Waals surface area (Å²) in [6.45, 7) is 3.68. The van der Waals surface area contributed by atoms with Gasteiger partial charge in [0.2, 0.25) is 5.91 Å². The van der Waals surface area contributed by atoms with Crippen LogP contribution in [-0.2, 0) is 11.3 Å². The molecule has 1 amide bonds. The SMILES string of the molecule is O=C(CCCn1c(=O)c2cccn2c2ccc(Br)cc21)N1CCN(c2ccccc2)CC1. The number of hydrogen-bond acceptors (Lipinski definition) is 3. The molecule has 0 bridgehead atoms. The van der Waals surface area contributed by atoms with Crippen LogP contribution >= 0.6 is 15.9 Å². The molecule has 0 spiro atoms. The van der Waals surface area contributed by atoms with Crippen LogP contribution in [0.4, 0.5) is 5.69 Å². The molecule has 7 heteroatoms. The molecule has 1 aliphatic rings. The van der Waals surface area contributed by atoms with Crippen LogP contribution in [0.15, 0.2) is 76.1 Å². The summed E-state index contributed by atoms with van der Waals surface area (Å²) in [5.74, 6) is 0.167. The van der Waals surface area contributed by atoms with Crippen molar-refractivity contribution in [1.29, 1.82) is 0 Å². The van der Waals surface area contributed by atoms with Crippen LogP contribution in [0.5, 0.6) is 0 Å². The highest BCUT2D eigenvalue weighted by Crippen LogP contribution is 2.21. The number of aromatic nitrogens is 2. The molecule has 1 saturated heterocycles. The van der Waals surface area contributed by atoms with Crippen molar-refractivity contribution in [2.45, 2.75) is 19.4 Å². The van der Waals surface area contributed by atoms with Gasteiger partial charge in [0.1, 0.15) is 5.52 Å². The monoisotopic (exact) mass is 492 g/mol. The Balaban J connectivity index is 1.26. The minimum atomic E-state index is -0.0236. The maximum Gasteiger partial charge on any atom is 0.275 e. The van der Waals surface area contributed by atoms with Gasteiger partial charge in [-0.05, 0) is 48.9 Å². The molecule has 164 valence electrons. The van der Waals surface area contributed by atoms with E-state index in [2.05, 4.69) is 33.0 Å². The maximum atomic E-state index is 13.1. The molecule has 32 heavy (non-hydrogen) atoms. The number of piperazine rings is 1. The fourth-order valence-electron chi connectivity index (χ4n) is 4.55. The number of halogens is 1. The zero-order chi connectivity index (χ0) is 22.1. The quantitative estimate of drug-likeness (QED) is 0.420. The second-order valence-corrected chi connectivity index (χ2v) is 9.08. The van der Waals surface area contributed by atoms with Crippen molar-refractivity contribution < 1.29 is 4.79 Å². The van der Waals surface area contributed by atoms with Gasteiger partial charge in [0, 0.05) is 55.5 Å². The molecule has 0 unspecified atom stereocenters. The Bertz CT molecular complexity index is 1320. The molecule has 2 aromatic heterocycles. The van der Waals surface area contributed by atoms with Gasteiger partial charge in [-0.3, -0.25) is 9.59 Å². The number of para-hydroxylation sites is 1. The van der Waals surface area contributed by atoms with Gasteiger partial charge < -0.3 is 18.8 Å². The third-order valence-corrected chi connectivity index (χ3v) is 6.72. The number of amides is 1. The topological polar surface area (TPSA) is 50.0 Å². The Labute approximate surface area is 194 Å². The standard InChI is InChI=1S/C25H25BrN4O2/c26-19-10-11-21-23(18-19)30(25(32)22-8-4-12-29(21)22)13-5-9-24(31)28-16-14-27(15-17-28)20-6-2-1-3-7-20/h1-4,6-8,10-12,18H,5,9,13-17H2. The smallest absolute Gasteiger partial charge is 0.275 e. The molecule has 0 aliphatic carbocycles. The van der Waals surface area contributed by atoms with E-state index < -0.39 is 0 Å². The molecular formula is C25H25BrN4O2. The highest BCUT2D eigenvalue weighted by atomic mass is 79.9. The number of aryl methyl sites for hydroxylation is 1. The van der Waals surface area contributed by atoms with Crippen molar-refractivity contribution >= 4 is 44.1 Å². The first kappa shape index (κ1) is 20.8. The van der Waals surface area contributed by atoms with Crippen molar-refractivity contribution in [3.8, 4) is 0 Å². The van der Waals surface area contributed by atoms with E-state index in [-0.39, 0.29) is 11.5 Å². The van der Waals surface area contributed by atoms with Gasteiger partial charge >= 0.3 is 0 Å². The summed E-state index contributed by atoms with van der Waals surface area (Å²) in [6.07, 6.45) is 2.99. The Morgan fingerprint density at radius 2 is 1.66 bits per heavy atom. The first-order valence-electron chi connectivity index (χ1n) is 11.0. The molecular weight excluding hydrogens is 468 g/mol. The molecule has 4 aromatic rings. The lowest BCUT2D eigenvalue weighted by molar-refractivity contribution is -0.131. The summed E-state index contributed by atoms with van der Waals surface area (Å²) in [4.78, 5) is 30.2. The molecule has 6 nitrogen and oxygen atoms in total. The van der Waals surface area contributed by atoms with E-state index in [0.717, 1.165) is 41.7 Å². The fourth-order valence-corrected chi connectivity index (χ4v) is 4.90. The minimum Gasteiger partial charge on any atom is -0.368 e. The Hall–Kier alpha value is -3.06. The van der Waals surface area contributed by atoms with E-state index >= 15 is 0 Å². The third-order valence-electron chi connectivity index (χ3n) is 6.23. The molecule has 0 atom stereocenters. The zero-order valence-corrected chi connectivity index (χ0v) is 19.4. The number of benzene rings is 2. The van der Waals surface area contributed by atoms with E-state index in [9.17, 15) is 9.59 Å². The minimum absolute atomic E-state index is 0.0236. The van der Waals surface area contributed by atoms with Gasteiger partial charge in [-0.1, -0.05) is 34.1 Å². The Morgan fingerprint density at radius 3 is 2.44 bits per heavy atom. The molecule has 0 N–H and O–H groups in total. The summed E-state index contributed by atoms with van der Waals surface area (Å²) in [7, 11) is 0. The number of rotatable bonds is 5. The third kappa shape index (κ3) is 3.93. The number of fused-ring (bicyclic) bond motifs is 3. The molecule has 2 aromatic carbocycles. The molecule has 1 fully saturated rings. The highest BCUT2D eigenvalue weighted by molar-refractivity contribution is 9.10. The molecule has 1 aliphatic heterocycles. The lowest BCUT2D eigenvalue weighted by atomic mass is 10.2. The summed E-state index contributed by atoms with van der Waals surface area (Å²) in [5, 5.41) is 0. The van der Waals surface area contributed by atoms with Crippen LogP contribution in [-0.4, -0.2) is 46.0 Å². The number of nitrogens with zero attached hydrogens (tertiary/aromatic N) is 4. The van der Waals surface area contributed by atoms with Crippen LogP contribution in [0, 0.1) is 0 Å². The van der Waals surface area contributed by atoms with Crippen LogP contribution in [0.3, 0.4) is 0 Å². The zero-order valence-electron chi connectivity index (χ0n) is 17.8. The Kier molecular flexibility index (Phi) is 5.74. The van der Waals surface area contributed by atoms with E-state index in [1.807, 2.05) is 64.0 Å². The molecule has 0 saturated carbocycles. The normalized spacial score (nSPS) is 14.4. The Morgan fingerprint density at radius 1 is 0.875 bits per heavy atom. The van der Waals surface area contributed by atoms with E-state index in [0.29, 0.717) is 24.9 Å². The van der Waals surface area contributed by atoms with E-state index in [1.165, 1.54) is 5.69 Å². The highest BCUT2D eigenvalue weighted by Gasteiger charge is 2.21. The largest absolute Gasteiger partial charge is 0.368 e. The molecule has 0 radical (unpaired) electrons. The van der Waals surface area contributed by atoms with Crippen molar-refractivity contribution in [2.75, 3.05) is 31.1 Å². The second kappa shape index (κ2) is 8.82. The first-order chi connectivity index (χ1) is 15.6. The number of carbonyl (C=O) groups excluding carboxylic acids is 1. The summed E-state index contributed by atoms with van der Waals surface area (Å²) in [6, 6.07) is 20.0. The average Bonchev–Trinajstić information content (AvgIpc) is 3.32. The lowest BCUT2D eigenvalue weighted by Gasteiger charge is -2.36. The van der Waals surface area contributed by atoms with Gasteiger partial charge in [-0.2, -0.15) is 0 Å². The van der Waals surface area contributed by atoms with Gasteiger partial charge in [0.05, 0.1) is 11.0 Å². The lowest BCUT2D eigenvalue weighted by Crippen LogP contribution is -2.48. The fraction of sp³-hybridized carbons (Fsp3) is 0.280. The van der Waals surface area contributed by atoms with Crippen LogP contribution in [0.1, 0.15) is 12.8 Å². The van der Waals surface area contributed by atoms with Crippen LogP contribution in [0.2, 0.25) is 0 Å².